The van der Waals surface area contributed by atoms with Crippen LogP contribution in [0.1, 0.15) is 31.2 Å². The number of fused-ring (bicyclic) bond motifs is 2. The van der Waals surface area contributed by atoms with Crippen LogP contribution < -0.4 is 5.56 Å². The van der Waals surface area contributed by atoms with Crippen LogP contribution in [0, 0.1) is 0 Å². The van der Waals surface area contributed by atoms with E-state index < -0.39 is 0 Å². The summed E-state index contributed by atoms with van der Waals surface area (Å²) in [4.78, 5) is 32.9. The van der Waals surface area contributed by atoms with Crippen molar-refractivity contribution in [1.29, 1.82) is 0 Å². The standard InChI is InChI=1S/C27H28BrN5O3/c1-2-3-8-25-30-23-10-9-20(28)15-22(23)27(35)33(25)29-16-19-17-32(24-7-5-4-6-21(19)24)18-26(34)31-11-13-36-14-12-31/h4-7,9-10,15-17H,2-3,8,11-14,18H2,1H3. The molecule has 9 heteroatoms. The minimum Gasteiger partial charge on any atom is -0.378 e. The summed E-state index contributed by atoms with van der Waals surface area (Å²) >= 11 is 3.45. The molecular weight excluding hydrogens is 522 g/mol. The summed E-state index contributed by atoms with van der Waals surface area (Å²) in [6, 6.07) is 13.4. The van der Waals surface area contributed by atoms with Crippen LogP contribution in [0.25, 0.3) is 21.8 Å². The number of unbranched alkanes of at least 4 members (excludes halogenated alkanes) is 1. The number of rotatable bonds is 7. The lowest BCUT2D eigenvalue weighted by molar-refractivity contribution is -0.135. The molecule has 0 atom stereocenters. The van der Waals surface area contributed by atoms with Crippen molar-refractivity contribution in [3.05, 3.63) is 74.9 Å². The van der Waals surface area contributed by atoms with E-state index >= 15 is 0 Å². The van der Waals surface area contributed by atoms with Crippen LogP contribution in [0.4, 0.5) is 0 Å². The van der Waals surface area contributed by atoms with Gasteiger partial charge in [0.05, 0.1) is 30.3 Å². The highest BCUT2D eigenvalue weighted by Crippen LogP contribution is 2.21. The number of aryl methyl sites for hydroxylation is 1. The number of halogens is 1. The Hall–Kier alpha value is -3.30. The molecule has 2 aromatic heterocycles. The summed E-state index contributed by atoms with van der Waals surface area (Å²) in [5.74, 6) is 0.698. The molecule has 2 aromatic carbocycles. The highest BCUT2D eigenvalue weighted by molar-refractivity contribution is 9.10. The van der Waals surface area contributed by atoms with Crippen LogP contribution in [0.15, 0.2) is 63.0 Å². The second kappa shape index (κ2) is 10.8. The first-order chi connectivity index (χ1) is 17.5. The molecule has 8 nitrogen and oxygen atoms in total. The van der Waals surface area contributed by atoms with E-state index in [1.54, 1.807) is 12.3 Å². The largest absolute Gasteiger partial charge is 0.378 e. The number of para-hydroxylation sites is 1. The van der Waals surface area contributed by atoms with Gasteiger partial charge in [-0.2, -0.15) is 9.78 Å². The Morgan fingerprint density at radius 1 is 1.17 bits per heavy atom. The Labute approximate surface area is 217 Å². The van der Waals surface area contributed by atoms with E-state index in [-0.39, 0.29) is 18.0 Å². The van der Waals surface area contributed by atoms with E-state index in [2.05, 4.69) is 28.0 Å². The first kappa shape index (κ1) is 24.4. The van der Waals surface area contributed by atoms with Gasteiger partial charge in [0, 0.05) is 46.6 Å². The molecular formula is C27H28BrN5O3. The predicted molar refractivity (Wildman–Crippen MR) is 145 cm³/mol. The molecule has 5 rings (SSSR count). The van der Waals surface area contributed by atoms with Crippen LogP contribution in [0.3, 0.4) is 0 Å². The number of amides is 1. The maximum absolute atomic E-state index is 13.4. The first-order valence-corrected chi connectivity index (χ1v) is 13.0. The van der Waals surface area contributed by atoms with Gasteiger partial charge in [-0.1, -0.05) is 47.5 Å². The third-order valence-corrected chi connectivity index (χ3v) is 6.92. The van der Waals surface area contributed by atoms with E-state index in [0.717, 1.165) is 33.8 Å². The number of aromatic nitrogens is 3. The van der Waals surface area contributed by atoms with Gasteiger partial charge in [-0.05, 0) is 30.7 Å². The molecule has 186 valence electrons. The molecule has 1 saturated heterocycles. The zero-order chi connectivity index (χ0) is 25.1. The van der Waals surface area contributed by atoms with E-state index in [4.69, 9.17) is 9.72 Å². The number of carbonyl (C=O) groups excluding carboxylic acids is 1. The maximum atomic E-state index is 13.4. The lowest BCUT2D eigenvalue weighted by Gasteiger charge is -2.27. The molecule has 0 aliphatic carbocycles. The smallest absolute Gasteiger partial charge is 0.282 e. The normalized spacial score (nSPS) is 14.3. The minimum atomic E-state index is -0.199. The molecule has 1 amide bonds. The van der Waals surface area contributed by atoms with E-state index in [1.807, 2.05) is 52.1 Å². The molecule has 0 spiro atoms. The molecule has 36 heavy (non-hydrogen) atoms. The number of ether oxygens (including phenoxy) is 1. The second-order valence-corrected chi connectivity index (χ2v) is 9.79. The van der Waals surface area contributed by atoms with E-state index in [9.17, 15) is 9.59 Å². The van der Waals surface area contributed by atoms with Crippen molar-refractivity contribution in [1.82, 2.24) is 19.1 Å². The van der Waals surface area contributed by atoms with Crippen molar-refractivity contribution >= 4 is 49.9 Å². The molecule has 1 aliphatic heterocycles. The van der Waals surface area contributed by atoms with Gasteiger partial charge in [-0.25, -0.2) is 4.98 Å². The minimum absolute atomic E-state index is 0.0601. The van der Waals surface area contributed by atoms with Crippen molar-refractivity contribution in [3.63, 3.8) is 0 Å². The third kappa shape index (κ3) is 4.99. The Balaban J connectivity index is 1.53. The quantitative estimate of drug-likeness (QED) is 0.323. The Bertz CT molecular complexity index is 1500. The first-order valence-electron chi connectivity index (χ1n) is 12.2. The molecule has 0 unspecified atom stereocenters. The van der Waals surface area contributed by atoms with Gasteiger partial charge in [0.15, 0.2) is 0 Å². The molecule has 0 radical (unpaired) electrons. The van der Waals surface area contributed by atoms with Crippen molar-refractivity contribution in [3.8, 4) is 0 Å². The van der Waals surface area contributed by atoms with Gasteiger partial charge in [-0.3, -0.25) is 9.59 Å². The summed E-state index contributed by atoms with van der Waals surface area (Å²) in [6.07, 6.45) is 6.18. The number of nitrogens with zero attached hydrogens (tertiary/aromatic N) is 5. The highest BCUT2D eigenvalue weighted by Gasteiger charge is 2.18. The fourth-order valence-electron chi connectivity index (χ4n) is 4.50. The number of hydrogen-bond acceptors (Lipinski definition) is 5. The molecule has 1 aliphatic rings. The number of benzene rings is 2. The van der Waals surface area contributed by atoms with Crippen LogP contribution >= 0.6 is 15.9 Å². The molecule has 3 heterocycles. The van der Waals surface area contributed by atoms with Crippen LogP contribution in [0.5, 0.6) is 0 Å². The van der Waals surface area contributed by atoms with Gasteiger partial charge in [0.2, 0.25) is 5.91 Å². The van der Waals surface area contributed by atoms with Gasteiger partial charge in [0.25, 0.3) is 5.56 Å². The topological polar surface area (TPSA) is 81.7 Å². The zero-order valence-electron chi connectivity index (χ0n) is 20.2. The van der Waals surface area contributed by atoms with Crippen LogP contribution in [-0.2, 0) is 22.5 Å². The monoisotopic (exact) mass is 549 g/mol. The number of carbonyl (C=O) groups is 1. The fourth-order valence-corrected chi connectivity index (χ4v) is 4.86. The molecule has 4 aromatic rings. The summed E-state index contributed by atoms with van der Waals surface area (Å²) in [5, 5.41) is 6.10. The fraction of sp³-hybridized carbons (Fsp3) is 0.333. The predicted octanol–water partition coefficient (Wildman–Crippen LogP) is 4.20. The average molecular weight is 550 g/mol. The molecule has 0 saturated carbocycles. The van der Waals surface area contributed by atoms with E-state index in [1.165, 1.54) is 4.68 Å². The summed E-state index contributed by atoms with van der Waals surface area (Å²) < 4.78 is 9.55. The molecule has 0 N–H and O–H groups in total. The van der Waals surface area contributed by atoms with Crippen molar-refractivity contribution < 1.29 is 9.53 Å². The third-order valence-electron chi connectivity index (χ3n) is 6.43. The summed E-state index contributed by atoms with van der Waals surface area (Å²) in [5.41, 5.74) is 2.25. The van der Waals surface area contributed by atoms with Gasteiger partial charge >= 0.3 is 0 Å². The average Bonchev–Trinajstić information content (AvgIpc) is 3.25. The van der Waals surface area contributed by atoms with Gasteiger partial charge in [0.1, 0.15) is 12.4 Å². The summed E-state index contributed by atoms with van der Waals surface area (Å²) in [6.45, 7) is 4.71. The van der Waals surface area contributed by atoms with Gasteiger partial charge < -0.3 is 14.2 Å². The van der Waals surface area contributed by atoms with Crippen molar-refractivity contribution in [2.45, 2.75) is 32.7 Å². The van der Waals surface area contributed by atoms with Crippen LogP contribution in [0.2, 0.25) is 0 Å². The lowest BCUT2D eigenvalue weighted by atomic mass is 10.2. The van der Waals surface area contributed by atoms with Crippen molar-refractivity contribution in [2.24, 2.45) is 5.10 Å². The summed E-state index contributed by atoms with van der Waals surface area (Å²) in [7, 11) is 0. The van der Waals surface area contributed by atoms with Gasteiger partial charge in [-0.15, -0.1) is 0 Å². The Kier molecular flexibility index (Phi) is 7.29. The molecule has 0 bridgehead atoms. The number of hydrogen-bond donors (Lipinski definition) is 0. The van der Waals surface area contributed by atoms with Crippen molar-refractivity contribution in [2.75, 3.05) is 26.3 Å². The van der Waals surface area contributed by atoms with E-state index in [0.29, 0.717) is 49.5 Å². The molecule has 1 fully saturated rings. The lowest BCUT2D eigenvalue weighted by Crippen LogP contribution is -2.42. The highest BCUT2D eigenvalue weighted by atomic mass is 79.9. The Morgan fingerprint density at radius 2 is 1.97 bits per heavy atom. The number of morpholine rings is 1. The second-order valence-electron chi connectivity index (χ2n) is 8.88. The van der Waals surface area contributed by atoms with Crippen LogP contribution in [-0.4, -0.2) is 57.6 Å². The zero-order valence-corrected chi connectivity index (χ0v) is 21.8. The Morgan fingerprint density at radius 3 is 2.78 bits per heavy atom. The SMILES string of the molecule is CCCCc1nc2ccc(Br)cc2c(=O)n1N=Cc1cn(CC(=O)N2CCOCC2)c2ccccc12. The maximum Gasteiger partial charge on any atom is 0.282 e.